The molecule has 0 aliphatic heterocycles. The minimum Gasteiger partial charge on any atom is -0.346 e. The molecule has 0 aliphatic rings. The fraction of sp³-hybridized carbons (Fsp3) is 0.200. The van der Waals surface area contributed by atoms with Crippen molar-refractivity contribution >= 4 is 11.8 Å². The van der Waals surface area contributed by atoms with Crippen molar-refractivity contribution in [1.82, 2.24) is 25.4 Å². The predicted molar refractivity (Wildman–Crippen MR) is 101 cm³/mol. The maximum atomic E-state index is 12.6. The molecule has 3 rings (SSSR count). The second-order valence-corrected chi connectivity index (χ2v) is 6.41. The van der Waals surface area contributed by atoms with Gasteiger partial charge in [-0.3, -0.25) is 14.3 Å². The first kappa shape index (κ1) is 21.0. The number of nitrogens with one attached hydrogen (secondary N) is 2. The van der Waals surface area contributed by atoms with Crippen molar-refractivity contribution in [2.45, 2.75) is 18.8 Å². The van der Waals surface area contributed by atoms with E-state index in [0.29, 0.717) is 6.54 Å². The molecular formula is C20H18F3N5O2. The Bertz CT molecular complexity index is 974. The van der Waals surface area contributed by atoms with Crippen LogP contribution >= 0.6 is 0 Å². The zero-order valence-electron chi connectivity index (χ0n) is 15.6. The van der Waals surface area contributed by atoms with E-state index in [4.69, 9.17) is 0 Å². The highest BCUT2D eigenvalue weighted by Crippen LogP contribution is 2.29. The molecule has 2 aromatic carbocycles. The molecule has 0 saturated carbocycles. The van der Waals surface area contributed by atoms with Crippen LogP contribution in [0.15, 0.2) is 67.3 Å². The second-order valence-electron chi connectivity index (χ2n) is 6.41. The van der Waals surface area contributed by atoms with Gasteiger partial charge in [-0.05, 0) is 29.8 Å². The van der Waals surface area contributed by atoms with Gasteiger partial charge in [-0.15, -0.1) is 0 Å². The fourth-order valence-electron chi connectivity index (χ4n) is 2.75. The summed E-state index contributed by atoms with van der Waals surface area (Å²) in [5, 5.41) is 9.25. The van der Waals surface area contributed by atoms with Gasteiger partial charge in [0, 0.05) is 5.56 Å². The highest BCUT2D eigenvalue weighted by molar-refractivity contribution is 5.96. The summed E-state index contributed by atoms with van der Waals surface area (Å²) in [7, 11) is 0. The van der Waals surface area contributed by atoms with Crippen LogP contribution in [0.3, 0.4) is 0 Å². The maximum absolute atomic E-state index is 12.6. The molecule has 156 valence electrons. The van der Waals surface area contributed by atoms with Gasteiger partial charge in [0.25, 0.3) is 5.91 Å². The van der Waals surface area contributed by atoms with Crippen molar-refractivity contribution in [3.63, 3.8) is 0 Å². The quantitative estimate of drug-likeness (QED) is 0.619. The minimum absolute atomic E-state index is 0.0259. The van der Waals surface area contributed by atoms with Crippen LogP contribution < -0.4 is 10.6 Å². The Morgan fingerprint density at radius 2 is 1.73 bits per heavy atom. The van der Waals surface area contributed by atoms with Gasteiger partial charge in [-0.2, -0.15) is 18.3 Å². The molecule has 2 N–H and O–H groups in total. The molecule has 1 unspecified atom stereocenters. The van der Waals surface area contributed by atoms with Crippen LogP contribution in [0.4, 0.5) is 13.2 Å². The number of aromatic nitrogens is 3. The van der Waals surface area contributed by atoms with E-state index in [1.165, 1.54) is 12.7 Å². The highest BCUT2D eigenvalue weighted by atomic mass is 19.4. The Labute approximate surface area is 169 Å². The van der Waals surface area contributed by atoms with Crippen molar-refractivity contribution in [3.05, 3.63) is 83.9 Å². The van der Waals surface area contributed by atoms with Crippen LogP contribution in [0.2, 0.25) is 0 Å². The zero-order chi connectivity index (χ0) is 21.6. The van der Waals surface area contributed by atoms with E-state index >= 15 is 0 Å². The Hall–Kier alpha value is -3.69. The normalized spacial score (nSPS) is 12.2. The molecule has 1 heterocycles. The molecule has 0 bridgehead atoms. The van der Waals surface area contributed by atoms with Gasteiger partial charge in [-0.1, -0.05) is 30.3 Å². The number of rotatable bonds is 7. The number of hydrogen-bond donors (Lipinski definition) is 2. The summed E-state index contributed by atoms with van der Waals surface area (Å²) < 4.78 is 39.4. The number of hydrogen-bond acceptors (Lipinski definition) is 4. The third kappa shape index (κ3) is 5.66. The Kier molecular flexibility index (Phi) is 6.45. The van der Waals surface area contributed by atoms with E-state index in [1.807, 2.05) is 30.3 Å². The highest BCUT2D eigenvalue weighted by Gasteiger charge is 2.30. The number of amides is 2. The van der Waals surface area contributed by atoms with Gasteiger partial charge in [0.1, 0.15) is 12.7 Å². The number of carbonyl (C=O) groups excluding carboxylic acids is 2. The summed E-state index contributed by atoms with van der Waals surface area (Å²) in [6.45, 7) is 0.00313. The average Bonchev–Trinajstić information content (AvgIpc) is 3.25. The summed E-state index contributed by atoms with van der Waals surface area (Å²) >= 11 is 0. The van der Waals surface area contributed by atoms with E-state index in [0.717, 1.165) is 29.8 Å². The van der Waals surface area contributed by atoms with E-state index in [-0.39, 0.29) is 12.1 Å². The van der Waals surface area contributed by atoms with Crippen LogP contribution in [0.25, 0.3) is 0 Å². The lowest BCUT2D eigenvalue weighted by Gasteiger charge is -2.19. The molecule has 3 aromatic rings. The predicted octanol–water partition coefficient (Wildman–Crippen LogP) is 2.58. The molecular weight excluding hydrogens is 399 g/mol. The Balaban J connectivity index is 1.59. The summed E-state index contributed by atoms with van der Waals surface area (Å²) in [6, 6.07) is 12.6. The second kappa shape index (κ2) is 9.21. The molecule has 0 aliphatic carbocycles. The lowest BCUT2D eigenvalue weighted by Crippen LogP contribution is -2.39. The van der Waals surface area contributed by atoms with Crippen molar-refractivity contribution in [3.8, 4) is 0 Å². The smallest absolute Gasteiger partial charge is 0.346 e. The minimum atomic E-state index is -4.48. The lowest BCUT2D eigenvalue weighted by atomic mass is 10.1. The third-order valence-electron chi connectivity index (χ3n) is 4.26. The molecule has 0 fully saturated rings. The van der Waals surface area contributed by atoms with E-state index < -0.39 is 29.6 Å². The van der Waals surface area contributed by atoms with E-state index in [1.54, 1.807) is 4.68 Å². The van der Waals surface area contributed by atoms with Crippen molar-refractivity contribution < 1.29 is 22.8 Å². The van der Waals surface area contributed by atoms with Gasteiger partial charge in [0.05, 0.1) is 24.7 Å². The molecule has 10 heteroatoms. The van der Waals surface area contributed by atoms with Crippen molar-refractivity contribution in [1.29, 1.82) is 0 Å². The first-order chi connectivity index (χ1) is 14.3. The molecule has 0 spiro atoms. The van der Waals surface area contributed by atoms with Gasteiger partial charge in [0.15, 0.2) is 0 Å². The average molecular weight is 417 g/mol. The van der Waals surface area contributed by atoms with Crippen molar-refractivity contribution in [2.24, 2.45) is 0 Å². The van der Waals surface area contributed by atoms with Gasteiger partial charge in [0.2, 0.25) is 5.91 Å². The molecule has 7 nitrogen and oxygen atoms in total. The van der Waals surface area contributed by atoms with E-state index in [9.17, 15) is 22.8 Å². The monoisotopic (exact) mass is 417 g/mol. The number of benzene rings is 2. The molecule has 1 atom stereocenters. The molecule has 2 amide bonds. The maximum Gasteiger partial charge on any atom is 0.416 e. The largest absolute Gasteiger partial charge is 0.416 e. The van der Waals surface area contributed by atoms with E-state index in [2.05, 4.69) is 20.7 Å². The van der Waals surface area contributed by atoms with Crippen LogP contribution in [0.1, 0.15) is 27.5 Å². The Morgan fingerprint density at radius 1 is 1.03 bits per heavy atom. The first-order valence-corrected chi connectivity index (χ1v) is 8.95. The lowest BCUT2D eigenvalue weighted by molar-refractivity contribution is -0.137. The zero-order valence-corrected chi connectivity index (χ0v) is 15.6. The van der Waals surface area contributed by atoms with Crippen LogP contribution in [0, 0.1) is 0 Å². The van der Waals surface area contributed by atoms with Gasteiger partial charge in [-0.25, -0.2) is 4.98 Å². The summed E-state index contributed by atoms with van der Waals surface area (Å²) in [5.41, 5.74) is 0.0176. The number of halogens is 3. The number of alkyl halides is 3. The molecule has 0 saturated heterocycles. The topological polar surface area (TPSA) is 88.9 Å². The van der Waals surface area contributed by atoms with Crippen LogP contribution in [0.5, 0.6) is 0 Å². The van der Waals surface area contributed by atoms with Crippen LogP contribution in [-0.4, -0.2) is 33.1 Å². The summed E-state index contributed by atoms with van der Waals surface area (Å²) in [6.07, 6.45) is -1.58. The molecule has 1 aromatic heterocycles. The van der Waals surface area contributed by atoms with Gasteiger partial charge < -0.3 is 10.6 Å². The van der Waals surface area contributed by atoms with Gasteiger partial charge >= 0.3 is 6.18 Å². The SMILES string of the molecule is O=C(CNC(=O)c1ccc(C(F)(F)F)cc1)NC(Cn1cncn1)c1ccccc1. The van der Waals surface area contributed by atoms with Crippen LogP contribution in [-0.2, 0) is 17.5 Å². The standard InChI is InChI=1S/C20H18F3N5O2/c21-20(22,23)16-8-6-15(7-9-16)19(30)25-10-18(29)27-17(11-28-13-24-12-26-28)14-4-2-1-3-5-14/h1-9,12-13,17H,10-11H2,(H,25,30)(H,27,29). The Morgan fingerprint density at radius 3 is 2.33 bits per heavy atom. The summed E-state index contributed by atoms with van der Waals surface area (Å²) in [4.78, 5) is 28.4. The number of carbonyl (C=O) groups is 2. The van der Waals surface area contributed by atoms with Crippen molar-refractivity contribution in [2.75, 3.05) is 6.54 Å². The molecule has 30 heavy (non-hydrogen) atoms. The first-order valence-electron chi connectivity index (χ1n) is 8.95. The number of nitrogens with zero attached hydrogens (tertiary/aromatic N) is 3. The fourth-order valence-corrected chi connectivity index (χ4v) is 2.75. The molecule has 0 radical (unpaired) electrons. The summed E-state index contributed by atoms with van der Waals surface area (Å²) in [5.74, 6) is -1.10. The third-order valence-corrected chi connectivity index (χ3v) is 4.26.